The van der Waals surface area contributed by atoms with Crippen molar-refractivity contribution in [2.45, 2.75) is 43.6 Å². The smallest absolute Gasteiger partial charge is 0.142 e. The number of hydrogen-bond acceptors (Lipinski definition) is 2. The molecule has 2 heteroatoms. The number of hydrogen-bond donors (Lipinski definition) is 0. The number of carbonyl (C=O) groups is 1. The van der Waals surface area contributed by atoms with Crippen LogP contribution in [0.2, 0.25) is 0 Å². The molecule has 0 unspecified atom stereocenters. The van der Waals surface area contributed by atoms with Crippen molar-refractivity contribution in [1.82, 2.24) is 0 Å². The molecule has 4 rings (SSSR count). The summed E-state index contributed by atoms with van der Waals surface area (Å²) >= 11 is 0. The highest BCUT2D eigenvalue weighted by atomic mass is 16.5. The van der Waals surface area contributed by atoms with E-state index >= 15 is 0 Å². The van der Waals surface area contributed by atoms with Crippen LogP contribution in [0.4, 0.5) is 0 Å². The minimum absolute atomic E-state index is 0.144. The van der Waals surface area contributed by atoms with Gasteiger partial charge < -0.3 is 4.74 Å². The standard InChI is InChI=1S/C17H20O2/c1-19-15-8-9-17-10-12(15)16(18)14(17)7-6-11-4-2-3-5-13(11)17/h2-5,12,14-15H,6-10H2,1H3/t12-,14-,15+,17-/m0/s1. The number of methoxy groups -OCH3 is 1. The Kier molecular flexibility index (Phi) is 2.41. The van der Waals surface area contributed by atoms with Crippen LogP contribution in [0, 0.1) is 11.8 Å². The van der Waals surface area contributed by atoms with Crippen LogP contribution in [0.5, 0.6) is 0 Å². The fraction of sp³-hybridized carbons (Fsp3) is 0.588. The summed E-state index contributed by atoms with van der Waals surface area (Å²) in [6, 6.07) is 8.78. The average Bonchev–Trinajstić information content (AvgIpc) is 2.69. The second-order valence-electron chi connectivity index (χ2n) is 6.43. The molecule has 0 aromatic heterocycles. The lowest BCUT2D eigenvalue weighted by atomic mass is 9.61. The van der Waals surface area contributed by atoms with Gasteiger partial charge in [-0.05, 0) is 43.2 Å². The van der Waals surface area contributed by atoms with E-state index in [2.05, 4.69) is 24.3 Å². The van der Waals surface area contributed by atoms with E-state index in [-0.39, 0.29) is 23.4 Å². The van der Waals surface area contributed by atoms with Crippen LogP contribution < -0.4 is 0 Å². The van der Waals surface area contributed by atoms with Crippen molar-refractivity contribution in [2.24, 2.45) is 11.8 Å². The highest BCUT2D eigenvalue weighted by molar-refractivity contribution is 5.89. The summed E-state index contributed by atoms with van der Waals surface area (Å²) in [4.78, 5) is 12.7. The molecule has 0 N–H and O–H groups in total. The first-order valence-electron chi connectivity index (χ1n) is 7.41. The summed E-state index contributed by atoms with van der Waals surface area (Å²) < 4.78 is 5.56. The van der Waals surface area contributed by atoms with Crippen LogP contribution in [0.25, 0.3) is 0 Å². The van der Waals surface area contributed by atoms with E-state index in [4.69, 9.17) is 4.74 Å². The first kappa shape index (κ1) is 11.7. The van der Waals surface area contributed by atoms with Gasteiger partial charge in [-0.15, -0.1) is 0 Å². The molecule has 0 saturated heterocycles. The summed E-state index contributed by atoms with van der Waals surface area (Å²) in [7, 11) is 1.76. The number of fused-ring (bicyclic) bond motifs is 2. The molecule has 19 heavy (non-hydrogen) atoms. The number of carbonyl (C=O) groups excluding carboxylic acids is 1. The molecule has 0 amide bonds. The van der Waals surface area contributed by atoms with Gasteiger partial charge in [0.05, 0.1) is 6.10 Å². The monoisotopic (exact) mass is 256 g/mol. The third kappa shape index (κ3) is 1.38. The topological polar surface area (TPSA) is 26.3 Å². The van der Waals surface area contributed by atoms with Gasteiger partial charge in [-0.2, -0.15) is 0 Å². The summed E-state index contributed by atoms with van der Waals surface area (Å²) in [5.74, 6) is 0.890. The van der Waals surface area contributed by atoms with Crippen LogP contribution in [0.3, 0.4) is 0 Å². The zero-order valence-electron chi connectivity index (χ0n) is 11.4. The molecule has 4 atom stereocenters. The van der Waals surface area contributed by atoms with Gasteiger partial charge in [0.15, 0.2) is 0 Å². The fourth-order valence-corrected chi connectivity index (χ4v) is 5.01. The van der Waals surface area contributed by atoms with Gasteiger partial charge in [0.25, 0.3) is 0 Å². The molecule has 0 heterocycles. The molecular formula is C17H20O2. The average molecular weight is 256 g/mol. The van der Waals surface area contributed by atoms with Crippen LogP contribution in [-0.2, 0) is 21.4 Å². The van der Waals surface area contributed by atoms with Crippen molar-refractivity contribution in [3.05, 3.63) is 35.4 Å². The second-order valence-corrected chi connectivity index (χ2v) is 6.43. The predicted molar refractivity (Wildman–Crippen MR) is 73.1 cm³/mol. The molecule has 2 nitrogen and oxygen atoms in total. The molecule has 0 radical (unpaired) electrons. The maximum Gasteiger partial charge on any atom is 0.142 e. The molecule has 2 bridgehead atoms. The lowest BCUT2D eigenvalue weighted by Crippen LogP contribution is -2.39. The third-order valence-corrected chi connectivity index (χ3v) is 5.84. The Bertz CT molecular complexity index is 536. The Morgan fingerprint density at radius 3 is 2.95 bits per heavy atom. The third-order valence-electron chi connectivity index (χ3n) is 5.84. The highest BCUT2D eigenvalue weighted by Gasteiger charge is 2.59. The number of ketones is 1. The molecule has 3 aliphatic carbocycles. The van der Waals surface area contributed by atoms with Gasteiger partial charge in [-0.1, -0.05) is 24.3 Å². The fourth-order valence-electron chi connectivity index (χ4n) is 5.01. The van der Waals surface area contributed by atoms with Crippen molar-refractivity contribution in [3.8, 4) is 0 Å². The van der Waals surface area contributed by atoms with E-state index < -0.39 is 0 Å². The molecule has 3 aliphatic rings. The summed E-state index contributed by atoms with van der Waals surface area (Å²) in [5.41, 5.74) is 3.09. The van der Waals surface area contributed by atoms with E-state index in [0.29, 0.717) is 5.78 Å². The largest absolute Gasteiger partial charge is 0.381 e. The molecular weight excluding hydrogens is 236 g/mol. The van der Waals surface area contributed by atoms with Crippen LogP contribution >= 0.6 is 0 Å². The summed E-state index contributed by atoms with van der Waals surface area (Å²) in [6.07, 6.45) is 5.46. The Morgan fingerprint density at radius 2 is 2.11 bits per heavy atom. The normalized spacial score (nSPS) is 39.8. The van der Waals surface area contributed by atoms with Crippen molar-refractivity contribution >= 4 is 5.78 Å². The van der Waals surface area contributed by atoms with Crippen molar-refractivity contribution in [2.75, 3.05) is 7.11 Å². The van der Waals surface area contributed by atoms with E-state index in [1.807, 2.05) is 0 Å². The number of ether oxygens (including phenoxy) is 1. The molecule has 100 valence electrons. The SMILES string of the molecule is CO[C@@H]1CC[C@@]23C[C@@H]1C(=O)[C@@H]2CCc1ccccc13. The summed E-state index contributed by atoms with van der Waals surface area (Å²) in [5, 5.41) is 0. The maximum atomic E-state index is 12.7. The zero-order valence-corrected chi connectivity index (χ0v) is 11.4. The van der Waals surface area contributed by atoms with Crippen LogP contribution in [0.1, 0.15) is 36.8 Å². The number of aryl methyl sites for hydroxylation is 1. The molecule has 1 aromatic carbocycles. The van der Waals surface area contributed by atoms with E-state index in [9.17, 15) is 4.79 Å². The van der Waals surface area contributed by atoms with Crippen LogP contribution in [-0.4, -0.2) is 19.0 Å². The minimum atomic E-state index is 0.144. The number of rotatable bonds is 1. The van der Waals surface area contributed by atoms with Gasteiger partial charge in [0.1, 0.15) is 5.78 Å². The highest BCUT2D eigenvalue weighted by Crippen LogP contribution is 2.58. The van der Waals surface area contributed by atoms with Gasteiger partial charge in [-0.3, -0.25) is 4.79 Å². The van der Waals surface area contributed by atoms with E-state index in [1.54, 1.807) is 7.11 Å². The number of Topliss-reactive ketones (excluding diaryl/α,β-unsaturated/α-hetero) is 1. The Morgan fingerprint density at radius 1 is 1.26 bits per heavy atom. The van der Waals surface area contributed by atoms with E-state index in [1.165, 1.54) is 11.1 Å². The Labute approximate surface area is 114 Å². The van der Waals surface area contributed by atoms with Crippen molar-refractivity contribution < 1.29 is 9.53 Å². The zero-order chi connectivity index (χ0) is 13.0. The van der Waals surface area contributed by atoms with Crippen molar-refractivity contribution in [3.63, 3.8) is 0 Å². The Balaban J connectivity index is 1.84. The molecule has 0 aliphatic heterocycles. The lowest BCUT2D eigenvalue weighted by Gasteiger charge is -2.43. The lowest BCUT2D eigenvalue weighted by molar-refractivity contribution is -0.127. The first-order valence-corrected chi connectivity index (χ1v) is 7.41. The predicted octanol–water partition coefficient (Wildman–Crippen LogP) is 2.88. The quantitative estimate of drug-likeness (QED) is 0.772. The molecule has 1 aromatic rings. The van der Waals surface area contributed by atoms with Crippen molar-refractivity contribution in [1.29, 1.82) is 0 Å². The van der Waals surface area contributed by atoms with Gasteiger partial charge in [0.2, 0.25) is 0 Å². The Hall–Kier alpha value is -1.15. The minimum Gasteiger partial charge on any atom is -0.381 e. The van der Waals surface area contributed by atoms with Gasteiger partial charge >= 0.3 is 0 Å². The van der Waals surface area contributed by atoms with Gasteiger partial charge in [0, 0.05) is 24.4 Å². The summed E-state index contributed by atoms with van der Waals surface area (Å²) in [6.45, 7) is 0. The maximum absolute atomic E-state index is 12.7. The molecule has 1 spiro atoms. The molecule has 2 saturated carbocycles. The number of benzene rings is 1. The first-order chi connectivity index (χ1) is 9.26. The second kappa shape index (κ2) is 3.92. The molecule has 2 fully saturated rings. The van der Waals surface area contributed by atoms with Gasteiger partial charge in [-0.25, -0.2) is 0 Å². The van der Waals surface area contributed by atoms with E-state index in [0.717, 1.165) is 32.1 Å². The van der Waals surface area contributed by atoms with Crippen LogP contribution in [0.15, 0.2) is 24.3 Å².